The molecule has 29 heavy (non-hydrogen) atoms. The summed E-state index contributed by atoms with van der Waals surface area (Å²) in [5, 5.41) is 0. The highest BCUT2D eigenvalue weighted by atomic mass is 31.2. The standard InChI is InChI=1S/C18H21O10P/c1-3-25-17(20)13-9-14(26-11(2)19)16(15(10-13)28-29(22,23)24)27-18(21)12-7-5-4-6-8-12/h4-8,10,14-16H,3,9H2,1-2H3,(H2,22,23,24)/t14-,15-,16+/m1/s1. The van der Waals surface area contributed by atoms with Crippen molar-refractivity contribution in [3.63, 3.8) is 0 Å². The molecule has 0 saturated heterocycles. The van der Waals surface area contributed by atoms with Crippen LogP contribution in [0.2, 0.25) is 0 Å². The molecule has 2 rings (SSSR count). The number of hydrogen-bond donors (Lipinski definition) is 2. The van der Waals surface area contributed by atoms with Crippen molar-refractivity contribution in [1.29, 1.82) is 0 Å². The number of esters is 3. The summed E-state index contributed by atoms with van der Waals surface area (Å²) >= 11 is 0. The topological polar surface area (TPSA) is 146 Å². The van der Waals surface area contributed by atoms with Crippen molar-refractivity contribution in [1.82, 2.24) is 0 Å². The Balaban J connectivity index is 2.39. The number of phosphoric ester groups is 1. The van der Waals surface area contributed by atoms with Crippen LogP contribution in [-0.4, -0.2) is 52.6 Å². The molecule has 1 aliphatic rings. The fourth-order valence-corrected chi connectivity index (χ4v) is 3.26. The van der Waals surface area contributed by atoms with Gasteiger partial charge >= 0.3 is 25.7 Å². The molecule has 0 spiro atoms. The molecule has 0 unspecified atom stereocenters. The van der Waals surface area contributed by atoms with Crippen LogP contribution in [0, 0.1) is 0 Å². The smallest absolute Gasteiger partial charge is 0.463 e. The number of carbonyl (C=O) groups excluding carboxylic acids is 3. The summed E-state index contributed by atoms with van der Waals surface area (Å²) in [6.07, 6.45) is -3.27. The maximum Gasteiger partial charge on any atom is 0.470 e. The van der Waals surface area contributed by atoms with Crippen molar-refractivity contribution >= 4 is 25.7 Å². The van der Waals surface area contributed by atoms with Crippen LogP contribution < -0.4 is 0 Å². The van der Waals surface area contributed by atoms with Gasteiger partial charge in [0.1, 0.15) is 12.2 Å². The van der Waals surface area contributed by atoms with Gasteiger partial charge in [-0.2, -0.15) is 0 Å². The van der Waals surface area contributed by atoms with Crippen molar-refractivity contribution in [3.8, 4) is 0 Å². The van der Waals surface area contributed by atoms with Gasteiger partial charge < -0.3 is 24.0 Å². The average Bonchev–Trinajstić information content (AvgIpc) is 2.63. The van der Waals surface area contributed by atoms with E-state index in [1.165, 1.54) is 12.1 Å². The summed E-state index contributed by atoms with van der Waals surface area (Å²) in [5.74, 6) is -2.33. The second-order valence-corrected chi connectivity index (χ2v) is 7.25. The molecule has 0 saturated carbocycles. The summed E-state index contributed by atoms with van der Waals surface area (Å²) in [7, 11) is -5.05. The molecule has 0 fully saturated rings. The maximum atomic E-state index is 12.4. The van der Waals surface area contributed by atoms with Crippen LogP contribution >= 0.6 is 7.82 Å². The van der Waals surface area contributed by atoms with Crippen molar-refractivity contribution in [2.75, 3.05) is 6.61 Å². The molecule has 1 aromatic carbocycles. The van der Waals surface area contributed by atoms with Gasteiger partial charge in [0, 0.05) is 18.9 Å². The highest BCUT2D eigenvalue weighted by Gasteiger charge is 2.43. The molecule has 0 bridgehead atoms. The minimum atomic E-state index is -5.05. The normalized spacial score (nSPS) is 21.7. The zero-order chi connectivity index (χ0) is 21.6. The lowest BCUT2D eigenvalue weighted by Crippen LogP contribution is -2.47. The molecule has 2 N–H and O–H groups in total. The lowest BCUT2D eigenvalue weighted by molar-refractivity contribution is -0.158. The Morgan fingerprint density at radius 3 is 2.31 bits per heavy atom. The second kappa shape index (κ2) is 9.80. The van der Waals surface area contributed by atoms with E-state index >= 15 is 0 Å². The fourth-order valence-electron chi connectivity index (χ4n) is 2.76. The molecule has 3 atom stereocenters. The van der Waals surface area contributed by atoms with Crippen molar-refractivity contribution in [3.05, 3.63) is 47.5 Å². The molecule has 0 radical (unpaired) electrons. The minimum absolute atomic E-state index is 0.0245. The largest absolute Gasteiger partial charge is 0.470 e. The maximum absolute atomic E-state index is 12.4. The zero-order valence-electron chi connectivity index (χ0n) is 15.7. The van der Waals surface area contributed by atoms with E-state index in [-0.39, 0.29) is 24.2 Å². The lowest BCUT2D eigenvalue weighted by atomic mass is 9.91. The molecule has 0 aliphatic heterocycles. The Morgan fingerprint density at radius 1 is 1.10 bits per heavy atom. The molecular formula is C18H21O10P. The molecule has 0 heterocycles. The molecule has 10 nitrogen and oxygen atoms in total. The minimum Gasteiger partial charge on any atom is -0.463 e. The number of hydrogen-bond acceptors (Lipinski definition) is 8. The second-order valence-electron chi connectivity index (χ2n) is 6.06. The van der Waals surface area contributed by atoms with Crippen molar-refractivity contribution in [2.24, 2.45) is 0 Å². The van der Waals surface area contributed by atoms with E-state index in [9.17, 15) is 28.7 Å². The average molecular weight is 428 g/mol. The number of benzene rings is 1. The Bertz CT molecular complexity index is 828. The first-order valence-corrected chi connectivity index (χ1v) is 10.2. The zero-order valence-corrected chi connectivity index (χ0v) is 16.6. The first kappa shape index (κ1) is 22.8. The van der Waals surface area contributed by atoms with Gasteiger partial charge in [-0.25, -0.2) is 14.2 Å². The highest BCUT2D eigenvalue weighted by Crippen LogP contribution is 2.41. The van der Waals surface area contributed by atoms with E-state index in [1.54, 1.807) is 25.1 Å². The van der Waals surface area contributed by atoms with Crippen molar-refractivity contribution in [2.45, 2.75) is 38.6 Å². The summed E-state index contributed by atoms with van der Waals surface area (Å²) in [6.45, 7) is 2.75. The molecular weight excluding hydrogens is 407 g/mol. The number of rotatable bonds is 7. The van der Waals surface area contributed by atoms with Gasteiger partial charge in [0.05, 0.1) is 12.2 Å². The van der Waals surface area contributed by atoms with Crippen molar-refractivity contribution < 1.29 is 47.5 Å². The lowest BCUT2D eigenvalue weighted by Gasteiger charge is -2.35. The van der Waals surface area contributed by atoms with Crippen LogP contribution in [0.1, 0.15) is 30.6 Å². The predicted molar refractivity (Wildman–Crippen MR) is 97.4 cm³/mol. The Labute approximate surface area is 166 Å². The van der Waals surface area contributed by atoms with E-state index in [0.717, 1.165) is 13.0 Å². The van der Waals surface area contributed by atoms with E-state index < -0.39 is 44.0 Å². The van der Waals surface area contributed by atoms with Crippen LogP contribution in [0.3, 0.4) is 0 Å². The van der Waals surface area contributed by atoms with Crippen LogP contribution in [-0.2, 0) is 32.9 Å². The quantitative estimate of drug-likeness (QED) is 0.372. The predicted octanol–water partition coefficient (Wildman–Crippen LogP) is 1.51. The summed E-state index contributed by atoms with van der Waals surface area (Å²) in [5.41, 5.74) is 0.146. The molecule has 1 aliphatic carbocycles. The van der Waals surface area contributed by atoms with Crippen LogP contribution in [0.5, 0.6) is 0 Å². The van der Waals surface area contributed by atoms with Gasteiger partial charge in [0.2, 0.25) is 0 Å². The van der Waals surface area contributed by atoms with E-state index in [0.29, 0.717) is 0 Å². The highest BCUT2D eigenvalue weighted by molar-refractivity contribution is 7.46. The number of phosphoric acid groups is 1. The van der Waals surface area contributed by atoms with Crippen LogP contribution in [0.15, 0.2) is 42.0 Å². The summed E-state index contributed by atoms with van der Waals surface area (Å²) in [6, 6.07) is 7.84. The third-order valence-corrected chi connectivity index (χ3v) is 4.36. The molecule has 11 heteroatoms. The first-order valence-electron chi connectivity index (χ1n) is 8.65. The number of ether oxygens (including phenoxy) is 3. The van der Waals surface area contributed by atoms with E-state index in [1.807, 2.05) is 0 Å². The third kappa shape index (κ3) is 6.79. The van der Waals surface area contributed by atoms with Gasteiger partial charge in [-0.3, -0.25) is 9.32 Å². The SMILES string of the molecule is CCOC(=O)C1=C[C@@H](OP(=O)(O)O)[C@@H](OC(=O)c2ccccc2)[C@H](OC(C)=O)C1. The first-order chi connectivity index (χ1) is 13.6. The number of carbonyl (C=O) groups is 3. The molecule has 0 aromatic heterocycles. The summed E-state index contributed by atoms with van der Waals surface area (Å²) in [4.78, 5) is 54.5. The Morgan fingerprint density at radius 2 is 1.76 bits per heavy atom. The van der Waals surface area contributed by atoms with Gasteiger partial charge in [0.25, 0.3) is 0 Å². The Hall–Kier alpha value is -2.52. The fraction of sp³-hybridized carbons (Fsp3) is 0.389. The van der Waals surface area contributed by atoms with Gasteiger partial charge in [-0.15, -0.1) is 0 Å². The van der Waals surface area contributed by atoms with E-state index in [2.05, 4.69) is 0 Å². The third-order valence-electron chi connectivity index (χ3n) is 3.84. The van der Waals surface area contributed by atoms with E-state index in [4.69, 9.17) is 18.7 Å². The molecule has 1 aromatic rings. The van der Waals surface area contributed by atoms with Crippen LogP contribution in [0.25, 0.3) is 0 Å². The van der Waals surface area contributed by atoms with Gasteiger partial charge in [-0.05, 0) is 25.1 Å². The summed E-state index contributed by atoms with van der Waals surface area (Å²) < 4.78 is 31.5. The molecule has 0 amide bonds. The van der Waals surface area contributed by atoms with Crippen LogP contribution in [0.4, 0.5) is 0 Å². The van der Waals surface area contributed by atoms with Gasteiger partial charge in [0.15, 0.2) is 6.10 Å². The monoisotopic (exact) mass is 428 g/mol. The Kier molecular flexibility index (Phi) is 7.69. The van der Waals surface area contributed by atoms with Gasteiger partial charge in [-0.1, -0.05) is 18.2 Å². The molecule has 158 valence electrons.